The van der Waals surface area contributed by atoms with Crippen molar-refractivity contribution in [2.45, 2.75) is 27.2 Å². The molecule has 1 aromatic rings. The molecule has 0 N–H and O–H groups in total. The second-order valence-electron chi connectivity index (χ2n) is 5.01. The highest BCUT2D eigenvalue weighted by Crippen LogP contribution is 2.38. The number of carbonyl (C=O) groups excluding carboxylic acids is 1. The number of benzene rings is 1. The molecule has 0 fully saturated rings. The van der Waals surface area contributed by atoms with Crippen molar-refractivity contribution >= 4 is 5.78 Å². The number of Topliss-reactive ketones (excluding diaryl/α,β-unsaturated/α-hetero) is 1. The van der Waals surface area contributed by atoms with Crippen molar-refractivity contribution in [2.75, 3.05) is 0 Å². The number of hydrogen-bond donors (Lipinski definition) is 0. The summed E-state index contributed by atoms with van der Waals surface area (Å²) in [4.78, 5) is 12.6. The molecule has 1 heteroatoms. The molecule has 0 amide bonds. The molecule has 0 aliphatic heterocycles. The van der Waals surface area contributed by atoms with Crippen LogP contribution in [0.4, 0.5) is 0 Å². The van der Waals surface area contributed by atoms with E-state index in [4.69, 9.17) is 0 Å². The number of ketones is 1. The molecule has 0 bridgehead atoms. The zero-order valence-corrected chi connectivity index (χ0v) is 10.7. The molecular formula is C16H18O. The predicted molar refractivity (Wildman–Crippen MR) is 71.0 cm³/mol. The summed E-state index contributed by atoms with van der Waals surface area (Å²) in [5.74, 6) is 0.218. The monoisotopic (exact) mass is 226 g/mol. The van der Waals surface area contributed by atoms with Crippen molar-refractivity contribution in [1.82, 2.24) is 0 Å². The minimum Gasteiger partial charge on any atom is -0.293 e. The summed E-state index contributed by atoms with van der Waals surface area (Å²) < 4.78 is 0. The maximum absolute atomic E-state index is 12.6. The molecule has 1 nitrogen and oxygen atoms in total. The van der Waals surface area contributed by atoms with Gasteiger partial charge in [0, 0.05) is 5.56 Å². The van der Waals surface area contributed by atoms with Crippen LogP contribution in [0.2, 0.25) is 0 Å². The van der Waals surface area contributed by atoms with E-state index < -0.39 is 0 Å². The molecule has 0 aromatic heterocycles. The Labute approximate surface area is 103 Å². The molecule has 88 valence electrons. The number of allylic oxidation sites excluding steroid dienone is 4. The van der Waals surface area contributed by atoms with Gasteiger partial charge >= 0.3 is 0 Å². The summed E-state index contributed by atoms with van der Waals surface area (Å²) in [6.07, 6.45) is 5.06. The van der Waals surface area contributed by atoms with E-state index in [1.165, 1.54) is 5.57 Å². The van der Waals surface area contributed by atoms with Gasteiger partial charge in [0.25, 0.3) is 0 Å². The lowest BCUT2D eigenvalue weighted by Gasteiger charge is -2.31. The average Bonchev–Trinajstić information content (AvgIpc) is 2.34. The molecule has 0 saturated carbocycles. The summed E-state index contributed by atoms with van der Waals surface area (Å²) in [7, 11) is 0. The first-order valence-corrected chi connectivity index (χ1v) is 5.99. The first-order valence-electron chi connectivity index (χ1n) is 5.99. The van der Waals surface area contributed by atoms with Gasteiger partial charge in [0.1, 0.15) is 0 Å². The Bertz CT molecular complexity index is 494. The molecule has 0 spiro atoms. The SMILES string of the molecule is CC1=CCC(C)(C(=O)c2ccccc2)C(C)=C1. The fourth-order valence-electron chi connectivity index (χ4n) is 2.27. The highest BCUT2D eigenvalue weighted by atomic mass is 16.1. The Morgan fingerprint density at radius 3 is 2.41 bits per heavy atom. The molecular weight excluding hydrogens is 208 g/mol. The lowest BCUT2D eigenvalue weighted by molar-refractivity contribution is 0.0858. The molecule has 1 aliphatic rings. The minimum absolute atomic E-state index is 0.218. The molecule has 17 heavy (non-hydrogen) atoms. The van der Waals surface area contributed by atoms with Gasteiger partial charge < -0.3 is 0 Å². The van der Waals surface area contributed by atoms with Crippen molar-refractivity contribution in [3.05, 3.63) is 59.2 Å². The van der Waals surface area contributed by atoms with Gasteiger partial charge in [0.15, 0.2) is 5.78 Å². The van der Waals surface area contributed by atoms with Crippen LogP contribution in [0.15, 0.2) is 53.6 Å². The Hall–Kier alpha value is -1.63. The van der Waals surface area contributed by atoms with Crippen molar-refractivity contribution in [1.29, 1.82) is 0 Å². The van der Waals surface area contributed by atoms with Gasteiger partial charge in [-0.3, -0.25) is 4.79 Å². The molecule has 0 saturated heterocycles. The fraction of sp³-hybridized carbons (Fsp3) is 0.312. The molecule has 1 aromatic carbocycles. The van der Waals surface area contributed by atoms with Crippen LogP contribution in [0.1, 0.15) is 37.6 Å². The third-order valence-corrected chi connectivity index (χ3v) is 3.68. The van der Waals surface area contributed by atoms with Crippen LogP contribution in [0, 0.1) is 5.41 Å². The van der Waals surface area contributed by atoms with Crippen molar-refractivity contribution in [3.63, 3.8) is 0 Å². The second kappa shape index (κ2) is 4.33. The Kier molecular flexibility index (Phi) is 3.01. The van der Waals surface area contributed by atoms with Crippen LogP contribution < -0.4 is 0 Å². The van der Waals surface area contributed by atoms with Gasteiger partial charge in [-0.25, -0.2) is 0 Å². The highest BCUT2D eigenvalue weighted by Gasteiger charge is 2.35. The second-order valence-corrected chi connectivity index (χ2v) is 5.01. The third-order valence-electron chi connectivity index (χ3n) is 3.68. The molecule has 0 heterocycles. The van der Waals surface area contributed by atoms with Gasteiger partial charge in [-0.05, 0) is 27.2 Å². The van der Waals surface area contributed by atoms with Crippen LogP contribution in [0.25, 0.3) is 0 Å². The predicted octanol–water partition coefficient (Wildman–Crippen LogP) is 4.17. The summed E-state index contributed by atoms with van der Waals surface area (Å²) in [5, 5.41) is 0. The molecule has 2 rings (SSSR count). The van der Waals surface area contributed by atoms with E-state index in [9.17, 15) is 4.79 Å². The average molecular weight is 226 g/mol. The first kappa shape index (κ1) is 11.8. The van der Waals surface area contributed by atoms with Crippen molar-refractivity contribution in [2.24, 2.45) is 5.41 Å². The van der Waals surface area contributed by atoms with Crippen LogP contribution in [0.5, 0.6) is 0 Å². The lowest BCUT2D eigenvalue weighted by Crippen LogP contribution is -2.30. The van der Waals surface area contributed by atoms with Crippen molar-refractivity contribution < 1.29 is 4.79 Å². The van der Waals surface area contributed by atoms with E-state index in [1.807, 2.05) is 37.3 Å². The van der Waals surface area contributed by atoms with Gasteiger partial charge in [-0.15, -0.1) is 0 Å². The third kappa shape index (κ3) is 2.10. The lowest BCUT2D eigenvalue weighted by atomic mass is 9.71. The Morgan fingerprint density at radius 1 is 1.18 bits per heavy atom. The zero-order chi connectivity index (χ0) is 12.5. The minimum atomic E-state index is -0.374. The van der Waals surface area contributed by atoms with Gasteiger partial charge in [-0.2, -0.15) is 0 Å². The van der Waals surface area contributed by atoms with E-state index in [2.05, 4.69) is 26.0 Å². The smallest absolute Gasteiger partial charge is 0.173 e. The van der Waals surface area contributed by atoms with Crippen molar-refractivity contribution in [3.8, 4) is 0 Å². The molecule has 1 aliphatic carbocycles. The normalized spacial score (nSPS) is 23.9. The fourth-order valence-corrected chi connectivity index (χ4v) is 2.27. The van der Waals surface area contributed by atoms with E-state index in [-0.39, 0.29) is 11.2 Å². The van der Waals surface area contributed by atoms with E-state index in [0.29, 0.717) is 0 Å². The van der Waals surface area contributed by atoms with Gasteiger partial charge in [0.05, 0.1) is 5.41 Å². The summed E-state index contributed by atoms with van der Waals surface area (Å²) in [6, 6.07) is 9.56. The number of rotatable bonds is 2. The summed E-state index contributed by atoms with van der Waals surface area (Å²) >= 11 is 0. The van der Waals surface area contributed by atoms with E-state index in [1.54, 1.807) is 0 Å². The molecule has 1 atom stereocenters. The van der Waals surface area contributed by atoms with Gasteiger partial charge in [0.2, 0.25) is 0 Å². The van der Waals surface area contributed by atoms with E-state index >= 15 is 0 Å². The maximum Gasteiger partial charge on any atom is 0.173 e. The highest BCUT2D eigenvalue weighted by molar-refractivity contribution is 6.02. The van der Waals surface area contributed by atoms with Crippen LogP contribution in [0.3, 0.4) is 0 Å². The maximum atomic E-state index is 12.6. The van der Waals surface area contributed by atoms with Gasteiger partial charge in [-0.1, -0.05) is 53.6 Å². The summed E-state index contributed by atoms with van der Waals surface area (Å²) in [5.41, 5.74) is 2.84. The van der Waals surface area contributed by atoms with Crippen LogP contribution in [-0.2, 0) is 0 Å². The van der Waals surface area contributed by atoms with Crippen LogP contribution in [-0.4, -0.2) is 5.78 Å². The summed E-state index contributed by atoms with van der Waals surface area (Å²) in [6.45, 7) is 6.17. The Morgan fingerprint density at radius 2 is 1.82 bits per heavy atom. The van der Waals surface area contributed by atoms with E-state index in [0.717, 1.165) is 17.6 Å². The quantitative estimate of drug-likeness (QED) is 0.692. The molecule has 0 radical (unpaired) electrons. The topological polar surface area (TPSA) is 17.1 Å². The van der Waals surface area contributed by atoms with Crippen LogP contribution >= 0.6 is 0 Å². The number of carbonyl (C=O) groups is 1. The molecule has 1 unspecified atom stereocenters. The first-order chi connectivity index (χ1) is 8.04. The zero-order valence-electron chi connectivity index (χ0n) is 10.7. The standard InChI is InChI=1S/C16H18O/c1-12-9-10-16(3,13(2)11-12)15(17)14-7-5-4-6-8-14/h4-9,11H,10H2,1-3H3. The Balaban J connectivity index is 2.36. The number of hydrogen-bond acceptors (Lipinski definition) is 1. The largest absolute Gasteiger partial charge is 0.293 e.